The zero-order valence-electron chi connectivity index (χ0n) is 22.0. The number of ether oxygens (including phenoxy) is 1. The molecular weight excluding hydrogens is 446 g/mol. The van der Waals surface area contributed by atoms with Crippen LogP contribution in [-0.2, 0) is 9.53 Å². The molecule has 0 aromatic heterocycles. The normalized spacial score (nSPS) is 21.3. The van der Waals surface area contributed by atoms with Gasteiger partial charge in [-0.2, -0.15) is 0 Å². The van der Waals surface area contributed by atoms with Crippen molar-refractivity contribution in [3.63, 3.8) is 0 Å². The van der Waals surface area contributed by atoms with Crippen molar-refractivity contribution in [2.75, 3.05) is 39.8 Å². The molecule has 0 unspecified atom stereocenters. The third-order valence-corrected chi connectivity index (χ3v) is 6.57. The molecule has 9 heteroatoms. The maximum Gasteiger partial charge on any atom is 0.338 e. The van der Waals surface area contributed by atoms with Crippen LogP contribution in [0, 0.1) is 13.8 Å². The van der Waals surface area contributed by atoms with E-state index in [2.05, 4.69) is 15.5 Å². The fourth-order valence-corrected chi connectivity index (χ4v) is 4.80. The molecule has 3 rings (SSSR count). The quantitative estimate of drug-likeness (QED) is 0.605. The fourth-order valence-electron chi connectivity index (χ4n) is 4.80. The summed E-state index contributed by atoms with van der Waals surface area (Å²) < 4.78 is 5.45. The Kier molecular flexibility index (Phi) is 8.43. The number of amides is 4. The van der Waals surface area contributed by atoms with Crippen molar-refractivity contribution in [3.05, 3.63) is 46.2 Å². The Balaban J connectivity index is 1.93. The summed E-state index contributed by atoms with van der Waals surface area (Å²) >= 11 is 0. The molecule has 1 fully saturated rings. The molecule has 2 atom stereocenters. The molecule has 0 saturated carbocycles. The number of esters is 1. The predicted molar refractivity (Wildman–Crippen MR) is 135 cm³/mol. The topological polar surface area (TPSA) is 94.2 Å². The number of carbonyl (C=O) groups excluding carboxylic acids is 3. The molecule has 35 heavy (non-hydrogen) atoms. The van der Waals surface area contributed by atoms with Gasteiger partial charge in [-0.1, -0.05) is 23.8 Å². The Labute approximate surface area is 208 Å². The number of urea groups is 2. The first-order valence-corrected chi connectivity index (χ1v) is 12.3. The lowest BCUT2D eigenvalue weighted by atomic mass is 9.90. The van der Waals surface area contributed by atoms with Crippen LogP contribution in [-0.4, -0.2) is 84.6 Å². The first-order valence-electron chi connectivity index (χ1n) is 12.3. The molecule has 192 valence electrons. The highest BCUT2D eigenvalue weighted by atomic mass is 16.5. The lowest BCUT2D eigenvalue weighted by Gasteiger charge is -2.42. The zero-order chi connectivity index (χ0) is 25.9. The van der Waals surface area contributed by atoms with Gasteiger partial charge in [0.25, 0.3) is 0 Å². The van der Waals surface area contributed by atoms with E-state index in [1.165, 1.54) is 4.90 Å². The smallest absolute Gasteiger partial charge is 0.338 e. The second kappa shape index (κ2) is 11.1. The maximum absolute atomic E-state index is 13.2. The summed E-state index contributed by atoms with van der Waals surface area (Å²) in [7, 11) is 1.68. The highest BCUT2D eigenvalue weighted by molar-refractivity contribution is 5.95. The summed E-state index contributed by atoms with van der Waals surface area (Å²) in [5.41, 5.74) is 4.07. The minimum Gasteiger partial charge on any atom is -0.463 e. The van der Waals surface area contributed by atoms with Gasteiger partial charge in [0.2, 0.25) is 0 Å². The molecule has 0 spiro atoms. The second-order valence-corrected chi connectivity index (χ2v) is 9.76. The third-order valence-electron chi connectivity index (χ3n) is 6.57. The van der Waals surface area contributed by atoms with E-state index in [1.54, 1.807) is 14.0 Å². The molecule has 2 heterocycles. The number of nitrogens with zero attached hydrogens (tertiary/aromatic N) is 3. The van der Waals surface area contributed by atoms with Crippen molar-refractivity contribution < 1.29 is 19.1 Å². The Hall–Kier alpha value is -3.07. The monoisotopic (exact) mass is 485 g/mol. The third kappa shape index (κ3) is 5.96. The minimum atomic E-state index is -0.594. The van der Waals surface area contributed by atoms with Crippen molar-refractivity contribution >= 4 is 18.0 Å². The standard InChI is InChI=1S/C26H39N5O4/c1-8-35-24(32)22-21(15-30-11-12-31(19(6)14-30)26(34)27-16(2)3)29(7)25(33)28-23(22)20-10-9-17(4)13-18(20)5/h9-10,13,16,19,23H,8,11-12,14-15H2,1-7H3,(H,27,34)(H,28,33)/t19-,23-/m0/s1. The largest absolute Gasteiger partial charge is 0.463 e. The number of rotatable bonds is 6. The Morgan fingerprint density at radius 2 is 1.94 bits per heavy atom. The molecule has 1 saturated heterocycles. The van der Waals surface area contributed by atoms with Gasteiger partial charge in [0.05, 0.1) is 18.2 Å². The molecular formula is C26H39N5O4. The van der Waals surface area contributed by atoms with Crippen LogP contribution in [0.5, 0.6) is 0 Å². The van der Waals surface area contributed by atoms with Crippen LogP contribution in [0.4, 0.5) is 9.59 Å². The second-order valence-electron chi connectivity index (χ2n) is 9.76. The molecule has 0 bridgehead atoms. The molecule has 1 aromatic rings. The minimum absolute atomic E-state index is 0.00740. The van der Waals surface area contributed by atoms with Gasteiger partial charge in [0.1, 0.15) is 0 Å². The summed E-state index contributed by atoms with van der Waals surface area (Å²) in [6.07, 6.45) is 0. The van der Waals surface area contributed by atoms with Gasteiger partial charge in [-0.25, -0.2) is 14.4 Å². The molecule has 2 N–H and O–H groups in total. The van der Waals surface area contributed by atoms with Gasteiger partial charge in [-0.15, -0.1) is 0 Å². The van der Waals surface area contributed by atoms with Gasteiger partial charge in [0, 0.05) is 51.0 Å². The van der Waals surface area contributed by atoms with E-state index >= 15 is 0 Å². The predicted octanol–water partition coefficient (Wildman–Crippen LogP) is 2.94. The van der Waals surface area contributed by atoms with Gasteiger partial charge in [0.15, 0.2) is 0 Å². The molecule has 0 radical (unpaired) electrons. The van der Waals surface area contributed by atoms with Gasteiger partial charge in [-0.05, 0) is 52.7 Å². The van der Waals surface area contributed by atoms with Crippen LogP contribution in [0.15, 0.2) is 29.5 Å². The van der Waals surface area contributed by atoms with Crippen LogP contribution in [0.2, 0.25) is 0 Å². The lowest BCUT2D eigenvalue weighted by molar-refractivity contribution is -0.139. The lowest BCUT2D eigenvalue weighted by Crippen LogP contribution is -2.58. The summed E-state index contributed by atoms with van der Waals surface area (Å²) in [4.78, 5) is 44.3. The summed E-state index contributed by atoms with van der Waals surface area (Å²) in [5, 5.41) is 5.95. The van der Waals surface area contributed by atoms with Gasteiger partial charge >= 0.3 is 18.0 Å². The fraction of sp³-hybridized carbons (Fsp3) is 0.577. The average molecular weight is 486 g/mol. The molecule has 2 aliphatic rings. The number of hydrogen-bond acceptors (Lipinski definition) is 5. The first kappa shape index (κ1) is 26.5. The van der Waals surface area contributed by atoms with E-state index in [-0.39, 0.29) is 30.8 Å². The van der Waals surface area contributed by atoms with Crippen molar-refractivity contribution in [2.45, 2.75) is 59.7 Å². The molecule has 0 aliphatic carbocycles. The van der Waals surface area contributed by atoms with Crippen molar-refractivity contribution in [1.29, 1.82) is 0 Å². The van der Waals surface area contributed by atoms with E-state index in [9.17, 15) is 14.4 Å². The van der Waals surface area contributed by atoms with E-state index in [4.69, 9.17) is 4.74 Å². The molecule has 4 amide bonds. The summed E-state index contributed by atoms with van der Waals surface area (Å²) in [6, 6.07) is 5.14. The van der Waals surface area contributed by atoms with Crippen LogP contribution in [0.25, 0.3) is 0 Å². The molecule has 1 aromatic carbocycles. The van der Waals surface area contributed by atoms with E-state index in [0.29, 0.717) is 37.4 Å². The number of hydrogen-bond donors (Lipinski definition) is 2. The van der Waals surface area contributed by atoms with Crippen molar-refractivity contribution in [1.82, 2.24) is 25.3 Å². The Bertz CT molecular complexity index is 1010. The number of aryl methyl sites for hydroxylation is 2. The number of benzene rings is 1. The summed E-state index contributed by atoms with van der Waals surface area (Å²) in [6.45, 7) is 14.2. The van der Waals surface area contributed by atoms with Crippen LogP contribution in [0.3, 0.4) is 0 Å². The highest BCUT2D eigenvalue weighted by Crippen LogP contribution is 2.33. The van der Waals surface area contributed by atoms with E-state index < -0.39 is 12.0 Å². The number of piperazine rings is 1. The van der Waals surface area contributed by atoms with Crippen LogP contribution < -0.4 is 10.6 Å². The maximum atomic E-state index is 13.2. The van der Waals surface area contributed by atoms with E-state index in [0.717, 1.165) is 16.7 Å². The van der Waals surface area contributed by atoms with Gasteiger partial charge < -0.3 is 20.3 Å². The highest BCUT2D eigenvalue weighted by Gasteiger charge is 2.39. The average Bonchev–Trinajstić information content (AvgIpc) is 2.76. The van der Waals surface area contributed by atoms with E-state index in [1.807, 2.05) is 57.7 Å². The van der Waals surface area contributed by atoms with Gasteiger partial charge in [-0.3, -0.25) is 9.80 Å². The Morgan fingerprint density at radius 3 is 2.54 bits per heavy atom. The number of nitrogens with one attached hydrogen (secondary N) is 2. The molecule has 2 aliphatic heterocycles. The summed E-state index contributed by atoms with van der Waals surface area (Å²) in [5.74, 6) is -0.428. The molecule has 9 nitrogen and oxygen atoms in total. The first-order chi connectivity index (χ1) is 16.5. The number of carbonyl (C=O) groups is 3. The number of likely N-dealkylation sites (N-methyl/N-ethyl adjacent to an activating group) is 1. The SMILES string of the molecule is CCOC(=O)C1=C(CN2CCN(C(=O)NC(C)C)[C@@H](C)C2)N(C)C(=O)N[C@H]1c1ccc(C)cc1C. The van der Waals surface area contributed by atoms with Crippen LogP contribution >= 0.6 is 0 Å². The van der Waals surface area contributed by atoms with Crippen molar-refractivity contribution in [3.8, 4) is 0 Å². The van der Waals surface area contributed by atoms with Crippen LogP contribution in [0.1, 0.15) is 50.4 Å². The zero-order valence-corrected chi connectivity index (χ0v) is 22.0. The van der Waals surface area contributed by atoms with Crippen molar-refractivity contribution in [2.24, 2.45) is 0 Å². The Morgan fingerprint density at radius 1 is 1.23 bits per heavy atom.